The van der Waals surface area contributed by atoms with Crippen LogP contribution in [0.2, 0.25) is 0 Å². The zero-order valence-corrected chi connectivity index (χ0v) is 18.6. The maximum Gasteiger partial charge on any atom is 0.573 e. The molecule has 4 rings (SSSR count). The lowest BCUT2D eigenvalue weighted by Crippen LogP contribution is -2.38. The highest BCUT2D eigenvalue weighted by molar-refractivity contribution is 7.89. The van der Waals surface area contributed by atoms with E-state index in [-0.39, 0.29) is 17.3 Å². The van der Waals surface area contributed by atoms with Crippen molar-refractivity contribution < 1.29 is 39.9 Å². The molecular weight excluding hydrogens is 499 g/mol. The lowest BCUT2D eigenvalue weighted by molar-refractivity contribution is -0.275. The van der Waals surface area contributed by atoms with Gasteiger partial charge in [-0.05, 0) is 29.8 Å². The van der Waals surface area contributed by atoms with Gasteiger partial charge in [-0.3, -0.25) is 4.79 Å². The highest BCUT2D eigenvalue weighted by Gasteiger charge is 2.47. The van der Waals surface area contributed by atoms with E-state index in [2.05, 4.69) is 15.0 Å². The highest BCUT2D eigenvalue weighted by Crippen LogP contribution is 2.35. The van der Waals surface area contributed by atoms with Crippen LogP contribution in [0.4, 0.5) is 27.6 Å². The minimum atomic E-state index is -5.16. The number of carbonyl (C=O) groups is 1. The van der Waals surface area contributed by atoms with Gasteiger partial charge in [-0.25, -0.2) is 18.1 Å². The normalized spacial score (nSPS) is 18.7. The second-order valence-corrected chi connectivity index (χ2v) is 9.53. The van der Waals surface area contributed by atoms with Gasteiger partial charge in [-0.15, -0.1) is 13.2 Å². The minimum absolute atomic E-state index is 0.131. The maximum atomic E-state index is 13.8. The average Bonchev–Trinajstić information content (AvgIpc) is 3.35. The van der Waals surface area contributed by atoms with Crippen LogP contribution in [0.1, 0.15) is 11.5 Å². The molecule has 0 spiro atoms. The number of hydrogen-bond acceptors (Lipinski definition) is 6. The lowest BCUT2D eigenvalue weighted by Gasteiger charge is -2.20. The van der Waals surface area contributed by atoms with Crippen molar-refractivity contribution in [2.24, 2.45) is 7.05 Å². The predicted octanol–water partition coefficient (Wildman–Crippen LogP) is 3.39. The Balaban J connectivity index is 1.71. The fourth-order valence-electron chi connectivity index (χ4n) is 3.70. The smallest absolute Gasteiger partial charge is 0.403 e. The van der Waals surface area contributed by atoms with Gasteiger partial charge in [0.25, 0.3) is 15.9 Å². The van der Waals surface area contributed by atoms with Gasteiger partial charge >= 0.3 is 6.36 Å². The van der Waals surface area contributed by atoms with E-state index in [0.29, 0.717) is 22.0 Å². The summed E-state index contributed by atoms with van der Waals surface area (Å²) in [5, 5.41) is 2.30. The van der Waals surface area contributed by atoms with Crippen LogP contribution in [0.5, 0.6) is 5.75 Å². The molecule has 1 fully saturated rings. The molecule has 1 aromatic heterocycles. The molecule has 3 aromatic rings. The summed E-state index contributed by atoms with van der Waals surface area (Å²) < 4.78 is 96.9. The molecule has 2 atom stereocenters. The third kappa shape index (κ3) is 5.06. The Morgan fingerprint density at radius 2 is 1.80 bits per heavy atom. The molecule has 0 unspecified atom stereocenters. The monoisotopic (exact) mass is 516 g/mol. The fourth-order valence-corrected chi connectivity index (χ4v) is 5.11. The van der Waals surface area contributed by atoms with E-state index in [4.69, 9.17) is 0 Å². The van der Waals surface area contributed by atoms with E-state index < -0.39 is 51.6 Å². The highest BCUT2D eigenvalue weighted by atomic mass is 32.2. The molecular formula is C21H17F5N4O4S. The van der Waals surface area contributed by atoms with Crippen molar-refractivity contribution in [3.8, 4) is 5.75 Å². The first-order valence-electron chi connectivity index (χ1n) is 9.97. The molecule has 0 saturated carbocycles. The second kappa shape index (κ2) is 8.83. The van der Waals surface area contributed by atoms with Crippen molar-refractivity contribution in [2.75, 3.05) is 11.9 Å². The molecule has 1 aliphatic rings. The number of carbonyl (C=O) groups excluding carboxylic acids is 1. The number of imidazole rings is 1. The number of anilines is 1. The first-order chi connectivity index (χ1) is 16.3. The molecule has 1 N–H and O–H groups in total. The van der Waals surface area contributed by atoms with Gasteiger partial charge < -0.3 is 14.6 Å². The Hall–Kier alpha value is -3.68. The van der Waals surface area contributed by atoms with Crippen LogP contribution >= 0.6 is 0 Å². The van der Waals surface area contributed by atoms with E-state index in [1.54, 1.807) is 7.05 Å². The molecule has 1 saturated heterocycles. The van der Waals surface area contributed by atoms with Crippen LogP contribution in [0.3, 0.4) is 0 Å². The molecule has 0 bridgehead atoms. The van der Waals surface area contributed by atoms with Crippen molar-refractivity contribution in [1.29, 1.82) is 0 Å². The van der Waals surface area contributed by atoms with Crippen LogP contribution in [-0.2, 0) is 21.9 Å². The summed E-state index contributed by atoms with van der Waals surface area (Å²) in [5.74, 6) is -4.77. The van der Waals surface area contributed by atoms with Crippen molar-refractivity contribution in [3.63, 3.8) is 0 Å². The van der Waals surface area contributed by atoms with Crippen LogP contribution in [-0.4, -0.2) is 47.1 Å². The molecule has 2 heterocycles. The molecule has 2 aromatic carbocycles. The molecule has 186 valence electrons. The summed E-state index contributed by atoms with van der Waals surface area (Å²) in [6.07, 6.45) is -2.72. The third-order valence-corrected chi connectivity index (χ3v) is 6.94. The summed E-state index contributed by atoms with van der Waals surface area (Å²) in [4.78, 5) is 17.0. The molecule has 0 aliphatic carbocycles. The Bertz CT molecular complexity index is 1360. The first-order valence-corrected chi connectivity index (χ1v) is 11.4. The van der Waals surface area contributed by atoms with Gasteiger partial charge in [0.1, 0.15) is 11.9 Å². The summed E-state index contributed by atoms with van der Waals surface area (Å²) >= 11 is 0. The van der Waals surface area contributed by atoms with Crippen molar-refractivity contribution >= 4 is 21.6 Å². The Kier molecular flexibility index (Phi) is 6.17. The summed E-state index contributed by atoms with van der Waals surface area (Å²) in [6.45, 7) is -0.353. The zero-order valence-electron chi connectivity index (χ0n) is 17.8. The van der Waals surface area contributed by atoms with Crippen molar-refractivity contribution in [3.05, 3.63) is 72.2 Å². The number of alkyl halides is 3. The predicted molar refractivity (Wildman–Crippen MR) is 112 cm³/mol. The van der Waals surface area contributed by atoms with Crippen LogP contribution in [0.15, 0.2) is 60.0 Å². The van der Waals surface area contributed by atoms with E-state index >= 15 is 0 Å². The Morgan fingerprint density at radius 1 is 1.11 bits per heavy atom. The molecule has 35 heavy (non-hydrogen) atoms. The second-order valence-electron chi connectivity index (χ2n) is 7.72. The number of hydrogen-bond donors (Lipinski definition) is 1. The third-order valence-electron chi connectivity index (χ3n) is 5.29. The standard InChI is InChI=1S/C21H17F5N4O4S/c1-29-10-18(27-11-29)35(32,33)30-9-15(12-2-4-13(22)5-3-12)19(20(30)31)28-14-6-7-16(23)17(8-14)34-21(24,25)26/h2-8,10-11,15,19,28H,9H2,1H3/t15-,19-/m1/s1. The van der Waals surface area contributed by atoms with Gasteiger partial charge in [0.15, 0.2) is 16.6 Å². The number of aryl methyl sites for hydroxylation is 1. The number of aromatic nitrogens is 2. The Labute approximate surface area is 196 Å². The van der Waals surface area contributed by atoms with Crippen LogP contribution in [0, 0.1) is 11.6 Å². The number of rotatable bonds is 6. The topological polar surface area (TPSA) is 93.5 Å². The fraction of sp³-hybridized carbons (Fsp3) is 0.238. The van der Waals surface area contributed by atoms with Crippen molar-refractivity contribution in [2.45, 2.75) is 23.3 Å². The number of halogens is 5. The zero-order chi connectivity index (χ0) is 25.5. The number of nitrogens with one attached hydrogen (secondary N) is 1. The average molecular weight is 516 g/mol. The van der Waals surface area contributed by atoms with Gasteiger partial charge in [0.2, 0.25) is 0 Å². The minimum Gasteiger partial charge on any atom is -0.403 e. The van der Waals surface area contributed by atoms with Gasteiger partial charge in [-0.1, -0.05) is 12.1 Å². The largest absolute Gasteiger partial charge is 0.573 e. The number of benzene rings is 2. The van der Waals surface area contributed by atoms with Crippen LogP contribution in [0.25, 0.3) is 0 Å². The van der Waals surface area contributed by atoms with E-state index in [1.165, 1.54) is 29.2 Å². The molecule has 14 heteroatoms. The molecule has 8 nitrogen and oxygen atoms in total. The SMILES string of the molecule is Cn1cnc(S(=O)(=O)N2C[C@H](c3ccc(F)cc3)[C@@H](Nc3ccc(F)c(OC(F)(F)F)c3)C2=O)c1. The lowest BCUT2D eigenvalue weighted by atomic mass is 9.94. The number of nitrogens with zero attached hydrogens (tertiary/aromatic N) is 3. The van der Waals surface area contributed by atoms with E-state index in [9.17, 15) is 35.2 Å². The molecule has 0 radical (unpaired) electrons. The Morgan fingerprint density at radius 3 is 2.40 bits per heavy atom. The van der Waals surface area contributed by atoms with E-state index in [1.807, 2.05) is 0 Å². The maximum absolute atomic E-state index is 13.8. The first kappa shape index (κ1) is 24.4. The number of ether oxygens (including phenoxy) is 1. The van der Waals surface area contributed by atoms with Gasteiger partial charge in [0, 0.05) is 37.5 Å². The quantitative estimate of drug-likeness (QED) is 0.505. The summed E-state index contributed by atoms with van der Waals surface area (Å²) in [5.41, 5.74) is 0.262. The summed E-state index contributed by atoms with van der Waals surface area (Å²) in [6, 6.07) is 6.15. The van der Waals surface area contributed by atoms with Crippen LogP contribution < -0.4 is 10.1 Å². The molecule has 1 aliphatic heterocycles. The van der Waals surface area contributed by atoms with Gasteiger partial charge in [0.05, 0.1) is 6.33 Å². The van der Waals surface area contributed by atoms with E-state index in [0.717, 1.165) is 18.2 Å². The number of amides is 1. The van der Waals surface area contributed by atoms with Gasteiger partial charge in [-0.2, -0.15) is 8.42 Å². The van der Waals surface area contributed by atoms with Crippen molar-refractivity contribution in [1.82, 2.24) is 13.9 Å². The number of sulfonamides is 1. The molecule has 1 amide bonds. The summed E-state index contributed by atoms with van der Waals surface area (Å²) in [7, 11) is -2.84.